The van der Waals surface area contributed by atoms with E-state index in [1.165, 1.54) is 5.69 Å². The van der Waals surface area contributed by atoms with Crippen molar-refractivity contribution in [1.82, 2.24) is 9.38 Å². The second-order valence-electron chi connectivity index (χ2n) is 5.58. The van der Waals surface area contributed by atoms with Crippen molar-refractivity contribution in [2.45, 2.75) is 26.2 Å². The van der Waals surface area contributed by atoms with E-state index in [0.717, 1.165) is 34.1 Å². The highest BCUT2D eigenvalue weighted by Crippen LogP contribution is 2.35. The van der Waals surface area contributed by atoms with E-state index in [1.807, 2.05) is 18.2 Å². The van der Waals surface area contributed by atoms with E-state index in [9.17, 15) is 0 Å². The Kier molecular flexibility index (Phi) is 4.18. The Morgan fingerprint density at radius 2 is 2.09 bits per heavy atom. The van der Waals surface area contributed by atoms with Crippen LogP contribution in [0.25, 0.3) is 16.2 Å². The van der Waals surface area contributed by atoms with Crippen molar-refractivity contribution in [3.8, 4) is 17.0 Å². The molecule has 5 heteroatoms. The van der Waals surface area contributed by atoms with Crippen molar-refractivity contribution in [1.29, 1.82) is 0 Å². The summed E-state index contributed by atoms with van der Waals surface area (Å²) in [5.74, 6) is 1.26. The van der Waals surface area contributed by atoms with E-state index < -0.39 is 0 Å². The fraction of sp³-hybridized carbons (Fsp3) is 0.353. The Morgan fingerprint density at radius 1 is 1.32 bits per heavy atom. The van der Waals surface area contributed by atoms with Gasteiger partial charge in [-0.3, -0.25) is 4.40 Å². The Balaban J connectivity index is 2.27. The van der Waals surface area contributed by atoms with E-state index in [4.69, 9.17) is 15.5 Å². The maximum Gasteiger partial charge on any atom is 0.194 e. The second kappa shape index (κ2) is 6.10. The molecule has 3 aromatic rings. The first-order valence-electron chi connectivity index (χ1n) is 7.49. The highest BCUT2D eigenvalue weighted by atomic mass is 32.1. The monoisotopic (exact) mass is 315 g/mol. The van der Waals surface area contributed by atoms with E-state index in [2.05, 4.69) is 29.7 Å². The van der Waals surface area contributed by atoms with Crippen LogP contribution < -0.4 is 10.5 Å². The number of para-hydroxylation sites is 1. The molecule has 0 spiro atoms. The first-order valence-corrected chi connectivity index (χ1v) is 8.37. The highest BCUT2D eigenvalue weighted by molar-refractivity contribution is 7.15. The zero-order chi connectivity index (χ0) is 15.7. The van der Waals surface area contributed by atoms with Crippen LogP contribution in [0.2, 0.25) is 0 Å². The van der Waals surface area contributed by atoms with Gasteiger partial charge in [0.05, 0.1) is 18.5 Å². The molecule has 2 aromatic heterocycles. The van der Waals surface area contributed by atoms with Gasteiger partial charge in [-0.1, -0.05) is 26.0 Å². The van der Waals surface area contributed by atoms with Crippen LogP contribution in [-0.2, 0) is 6.42 Å². The standard InChI is InChI=1S/C17H21N3OS/c1-11(2)16-13(8-9-18)20-14(10-22-17(20)19-16)12-6-4-5-7-15(12)21-3/h4-7,10-11H,8-9,18H2,1-3H3. The van der Waals surface area contributed by atoms with Gasteiger partial charge in [0.25, 0.3) is 0 Å². The number of aromatic nitrogens is 2. The third-order valence-corrected chi connectivity index (χ3v) is 4.63. The van der Waals surface area contributed by atoms with Crippen LogP contribution in [0.1, 0.15) is 31.2 Å². The minimum atomic E-state index is 0.388. The van der Waals surface area contributed by atoms with Crippen molar-refractivity contribution in [3.05, 3.63) is 41.0 Å². The summed E-state index contributed by atoms with van der Waals surface area (Å²) >= 11 is 1.66. The van der Waals surface area contributed by atoms with Gasteiger partial charge in [-0.2, -0.15) is 0 Å². The van der Waals surface area contributed by atoms with Crippen LogP contribution in [-0.4, -0.2) is 23.0 Å². The van der Waals surface area contributed by atoms with Crippen LogP contribution in [0.4, 0.5) is 0 Å². The smallest absolute Gasteiger partial charge is 0.194 e. The van der Waals surface area contributed by atoms with E-state index >= 15 is 0 Å². The fourth-order valence-electron chi connectivity index (χ4n) is 2.82. The zero-order valence-corrected chi connectivity index (χ0v) is 14.0. The van der Waals surface area contributed by atoms with Crippen molar-refractivity contribution < 1.29 is 4.74 Å². The lowest BCUT2D eigenvalue weighted by Crippen LogP contribution is -2.08. The molecule has 2 N–H and O–H groups in total. The van der Waals surface area contributed by atoms with Gasteiger partial charge in [0.2, 0.25) is 0 Å². The molecule has 0 radical (unpaired) electrons. The van der Waals surface area contributed by atoms with Crippen molar-refractivity contribution in [2.24, 2.45) is 5.73 Å². The Labute approximate surface area is 134 Å². The van der Waals surface area contributed by atoms with Crippen molar-refractivity contribution >= 4 is 16.3 Å². The topological polar surface area (TPSA) is 52.5 Å². The second-order valence-corrected chi connectivity index (χ2v) is 6.41. The number of hydrogen-bond acceptors (Lipinski definition) is 4. The minimum Gasteiger partial charge on any atom is -0.496 e. The average Bonchev–Trinajstić information content (AvgIpc) is 3.08. The SMILES string of the molecule is COc1ccccc1-c1csc2nc(C(C)C)c(CCN)n12. The Hall–Kier alpha value is -1.85. The summed E-state index contributed by atoms with van der Waals surface area (Å²) in [4.78, 5) is 5.84. The summed E-state index contributed by atoms with van der Waals surface area (Å²) in [6.07, 6.45) is 0.827. The number of rotatable bonds is 5. The maximum absolute atomic E-state index is 5.83. The van der Waals surface area contributed by atoms with E-state index in [-0.39, 0.29) is 0 Å². The molecule has 4 nitrogen and oxygen atoms in total. The Morgan fingerprint density at radius 3 is 2.77 bits per heavy atom. The first kappa shape index (κ1) is 15.1. The molecule has 0 fully saturated rings. The van der Waals surface area contributed by atoms with E-state index in [0.29, 0.717) is 12.5 Å². The number of imidazole rings is 1. The number of nitrogens with two attached hydrogens (primary N) is 1. The lowest BCUT2D eigenvalue weighted by molar-refractivity contribution is 0.416. The number of thiazole rings is 1. The predicted molar refractivity (Wildman–Crippen MR) is 91.9 cm³/mol. The summed E-state index contributed by atoms with van der Waals surface area (Å²) in [6, 6.07) is 8.09. The van der Waals surface area contributed by atoms with Gasteiger partial charge >= 0.3 is 0 Å². The number of benzene rings is 1. The van der Waals surface area contributed by atoms with Crippen LogP contribution in [0.15, 0.2) is 29.6 Å². The molecule has 3 rings (SSSR count). The quantitative estimate of drug-likeness (QED) is 0.781. The van der Waals surface area contributed by atoms with Crippen molar-refractivity contribution in [3.63, 3.8) is 0 Å². The summed E-state index contributed by atoms with van der Waals surface area (Å²) in [5, 5.41) is 2.14. The lowest BCUT2D eigenvalue weighted by atomic mass is 10.1. The first-order chi connectivity index (χ1) is 10.7. The molecule has 0 aliphatic carbocycles. The normalized spacial score (nSPS) is 11.5. The average molecular weight is 315 g/mol. The molecule has 22 heavy (non-hydrogen) atoms. The molecule has 0 amide bonds. The molecule has 0 aliphatic rings. The fourth-order valence-corrected chi connectivity index (χ4v) is 3.73. The van der Waals surface area contributed by atoms with Crippen LogP contribution in [0.5, 0.6) is 5.75 Å². The summed E-state index contributed by atoms with van der Waals surface area (Å²) in [7, 11) is 1.71. The number of fused-ring (bicyclic) bond motifs is 1. The van der Waals surface area contributed by atoms with Gasteiger partial charge in [-0.25, -0.2) is 4.98 Å². The highest BCUT2D eigenvalue weighted by Gasteiger charge is 2.20. The summed E-state index contributed by atoms with van der Waals surface area (Å²) < 4.78 is 7.76. The van der Waals surface area contributed by atoms with E-state index in [1.54, 1.807) is 18.4 Å². The molecule has 116 valence electrons. The number of ether oxygens (including phenoxy) is 1. The zero-order valence-electron chi connectivity index (χ0n) is 13.2. The van der Waals surface area contributed by atoms with Gasteiger partial charge in [0.1, 0.15) is 5.75 Å². The number of methoxy groups -OCH3 is 1. The molecule has 0 atom stereocenters. The molecule has 0 aliphatic heterocycles. The third kappa shape index (κ3) is 2.40. The molecule has 0 unspecified atom stereocenters. The van der Waals surface area contributed by atoms with Gasteiger partial charge in [-0.05, 0) is 24.6 Å². The van der Waals surface area contributed by atoms with Crippen molar-refractivity contribution in [2.75, 3.05) is 13.7 Å². The molecule has 0 saturated heterocycles. The van der Waals surface area contributed by atoms with Crippen LogP contribution in [0.3, 0.4) is 0 Å². The molecule has 1 aromatic carbocycles. The molecular weight excluding hydrogens is 294 g/mol. The Bertz CT molecular complexity index is 788. The molecule has 2 heterocycles. The number of hydrogen-bond donors (Lipinski definition) is 1. The molecular formula is C17H21N3OS. The number of nitrogens with zero attached hydrogens (tertiary/aromatic N) is 2. The van der Waals surface area contributed by atoms with Gasteiger partial charge < -0.3 is 10.5 Å². The summed E-state index contributed by atoms with van der Waals surface area (Å²) in [6.45, 7) is 4.97. The van der Waals surface area contributed by atoms with Crippen LogP contribution >= 0.6 is 11.3 Å². The van der Waals surface area contributed by atoms with Gasteiger partial charge in [0, 0.05) is 23.1 Å². The van der Waals surface area contributed by atoms with Gasteiger partial charge in [0.15, 0.2) is 4.96 Å². The van der Waals surface area contributed by atoms with Gasteiger partial charge in [-0.15, -0.1) is 11.3 Å². The minimum absolute atomic E-state index is 0.388. The largest absolute Gasteiger partial charge is 0.496 e. The third-order valence-electron chi connectivity index (χ3n) is 3.80. The predicted octanol–water partition coefficient (Wildman–Crippen LogP) is 3.70. The molecule has 0 bridgehead atoms. The lowest BCUT2D eigenvalue weighted by Gasteiger charge is -2.10. The summed E-state index contributed by atoms with van der Waals surface area (Å²) in [5.41, 5.74) is 10.4. The molecule has 0 saturated carbocycles. The van der Waals surface area contributed by atoms with Crippen LogP contribution in [0, 0.1) is 0 Å². The maximum atomic E-state index is 5.83.